The molecule has 0 amide bonds. The highest BCUT2D eigenvalue weighted by Gasteiger charge is 2.26. The third-order valence-electron chi connectivity index (χ3n) is 4.22. The summed E-state index contributed by atoms with van der Waals surface area (Å²) in [7, 11) is 0. The minimum atomic E-state index is 0.496. The molecule has 2 rings (SSSR count). The van der Waals surface area contributed by atoms with Crippen LogP contribution in [0.1, 0.15) is 19.8 Å². The summed E-state index contributed by atoms with van der Waals surface area (Å²) in [5, 5.41) is 0. The van der Waals surface area contributed by atoms with E-state index in [1.807, 2.05) is 6.29 Å². The molecule has 2 aliphatic heterocycles. The first-order valence-electron chi connectivity index (χ1n) is 6.87. The number of piperidine rings is 1. The Hall–Kier alpha value is -0.450. The van der Waals surface area contributed by atoms with E-state index < -0.39 is 0 Å². The van der Waals surface area contributed by atoms with E-state index in [0.717, 1.165) is 19.1 Å². The van der Waals surface area contributed by atoms with Crippen molar-refractivity contribution in [3.63, 3.8) is 0 Å². The molecule has 0 N–H and O–H groups in total. The van der Waals surface area contributed by atoms with E-state index in [2.05, 4.69) is 21.6 Å². The fourth-order valence-electron chi connectivity index (χ4n) is 2.98. The molecule has 97 valence electrons. The van der Waals surface area contributed by atoms with Crippen molar-refractivity contribution >= 4 is 6.29 Å². The molecule has 2 fully saturated rings. The highest BCUT2D eigenvalue weighted by atomic mass is 16.1. The summed E-state index contributed by atoms with van der Waals surface area (Å²) >= 11 is 0. The molecule has 0 atom stereocenters. The Kier molecular flexibility index (Phi) is 4.95. The Balaban J connectivity index is 1.72. The van der Waals surface area contributed by atoms with Crippen LogP contribution in [-0.2, 0) is 4.79 Å². The van der Waals surface area contributed by atoms with E-state index in [0.29, 0.717) is 6.54 Å². The lowest BCUT2D eigenvalue weighted by Gasteiger charge is -2.42. The van der Waals surface area contributed by atoms with Crippen LogP contribution < -0.4 is 0 Å². The maximum atomic E-state index is 10.3. The Labute approximate surface area is 105 Å². The fraction of sp³-hybridized carbons (Fsp3) is 0.923. The van der Waals surface area contributed by atoms with Gasteiger partial charge in [0.2, 0.25) is 6.29 Å². The maximum absolute atomic E-state index is 10.3. The molecule has 0 bridgehead atoms. The van der Waals surface area contributed by atoms with E-state index in [1.165, 1.54) is 45.6 Å². The number of hydrogen-bond acceptors (Lipinski definition) is 4. The third-order valence-corrected chi connectivity index (χ3v) is 4.22. The highest BCUT2D eigenvalue weighted by Crippen LogP contribution is 2.17. The predicted octanol–water partition coefficient (Wildman–Crippen LogP) is 0.198. The maximum Gasteiger partial charge on any atom is 0.213 e. The molecule has 4 nitrogen and oxygen atoms in total. The van der Waals surface area contributed by atoms with Crippen molar-refractivity contribution in [2.75, 3.05) is 52.4 Å². The number of hydrogen-bond donors (Lipinski definition) is 0. The first-order chi connectivity index (χ1) is 8.33. The molecule has 0 aliphatic carbocycles. The molecule has 2 aliphatic rings. The van der Waals surface area contributed by atoms with E-state index >= 15 is 0 Å². The molecule has 17 heavy (non-hydrogen) atoms. The Morgan fingerprint density at radius 1 is 1.00 bits per heavy atom. The van der Waals surface area contributed by atoms with Gasteiger partial charge in [0.05, 0.1) is 6.54 Å². The van der Waals surface area contributed by atoms with Gasteiger partial charge in [0, 0.05) is 45.3 Å². The van der Waals surface area contributed by atoms with Gasteiger partial charge in [-0.3, -0.25) is 14.6 Å². The van der Waals surface area contributed by atoms with E-state index in [9.17, 15) is 4.79 Å². The van der Waals surface area contributed by atoms with Crippen molar-refractivity contribution in [1.82, 2.24) is 14.7 Å². The number of nitrogens with zero attached hydrogens (tertiary/aromatic N) is 3. The lowest BCUT2D eigenvalue weighted by atomic mass is 10.0. The van der Waals surface area contributed by atoms with Crippen LogP contribution in [0, 0.1) is 0 Å². The number of rotatable bonds is 4. The van der Waals surface area contributed by atoms with Crippen molar-refractivity contribution in [3.05, 3.63) is 0 Å². The normalized spacial score (nSPS) is 26.2. The van der Waals surface area contributed by atoms with Crippen LogP contribution in [0.4, 0.5) is 0 Å². The van der Waals surface area contributed by atoms with Gasteiger partial charge in [0.1, 0.15) is 0 Å². The second-order valence-electron chi connectivity index (χ2n) is 5.12. The molecule has 0 aromatic carbocycles. The molecular formula is C13H24N3O. The van der Waals surface area contributed by atoms with Gasteiger partial charge in [0.15, 0.2) is 0 Å². The Morgan fingerprint density at radius 3 is 2.18 bits per heavy atom. The molecule has 2 saturated heterocycles. The summed E-state index contributed by atoms with van der Waals surface area (Å²) in [5.74, 6) is 0. The molecular weight excluding hydrogens is 214 g/mol. The van der Waals surface area contributed by atoms with Gasteiger partial charge in [-0.25, -0.2) is 0 Å². The van der Waals surface area contributed by atoms with E-state index in [1.54, 1.807) is 0 Å². The molecule has 4 heteroatoms. The lowest BCUT2D eigenvalue weighted by Crippen LogP contribution is -2.53. The van der Waals surface area contributed by atoms with Crippen molar-refractivity contribution < 1.29 is 4.79 Å². The minimum Gasteiger partial charge on any atom is -0.301 e. The summed E-state index contributed by atoms with van der Waals surface area (Å²) in [6.45, 7) is 10.9. The van der Waals surface area contributed by atoms with Gasteiger partial charge >= 0.3 is 0 Å². The number of likely N-dealkylation sites (tertiary alicyclic amines) is 1. The van der Waals surface area contributed by atoms with Crippen LogP contribution in [0.15, 0.2) is 0 Å². The zero-order valence-electron chi connectivity index (χ0n) is 10.9. The third kappa shape index (κ3) is 3.50. The van der Waals surface area contributed by atoms with Gasteiger partial charge in [-0.2, -0.15) is 0 Å². The van der Waals surface area contributed by atoms with Gasteiger partial charge in [-0.1, -0.05) is 6.92 Å². The Morgan fingerprint density at radius 2 is 1.65 bits per heavy atom. The van der Waals surface area contributed by atoms with Gasteiger partial charge in [-0.15, -0.1) is 0 Å². The lowest BCUT2D eigenvalue weighted by molar-refractivity contribution is 0.0645. The van der Waals surface area contributed by atoms with E-state index in [4.69, 9.17) is 0 Å². The molecule has 2 heterocycles. The zero-order valence-corrected chi connectivity index (χ0v) is 10.9. The average molecular weight is 238 g/mol. The molecule has 0 saturated carbocycles. The fourth-order valence-corrected chi connectivity index (χ4v) is 2.98. The molecule has 0 aromatic rings. The van der Waals surface area contributed by atoms with Crippen LogP contribution in [0.3, 0.4) is 0 Å². The summed E-state index contributed by atoms with van der Waals surface area (Å²) in [6.07, 6.45) is 4.43. The summed E-state index contributed by atoms with van der Waals surface area (Å²) in [5.41, 5.74) is 0. The second kappa shape index (κ2) is 6.47. The standard InChI is InChI=1S/C13H24N3O/c1-2-14-7-9-16(10-8-14)13-3-5-15(6-4-13)11-12-17/h13H,2-11H2,1H3. The van der Waals surface area contributed by atoms with Crippen LogP contribution in [0.25, 0.3) is 0 Å². The molecule has 1 radical (unpaired) electrons. The van der Waals surface area contributed by atoms with Crippen molar-refractivity contribution in [2.45, 2.75) is 25.8 Å². The first kappa shape index (κ1) is 13.0. The molecule has 0 aromatic heterocycles. The predicted molar refractivity (Wildman–Crippen MR) is 68.8 cm³/mol. The van der Waals surface area contributed by atoms with Crippen molar-refractivity contribution in [2.24, 2.45) is 0 Å². The van der Waals surface area contributed by atoms with Gasteiger partial charge in [-0.05, 0) is 19.4 Å². The Bertz CT molecular complexity index is 231. The number of likely N-dealkylation sites (N-methyl/N-ethyl adjacent to an activating group) is 1. The van der Waals surface area contributed by atoms with Crippen molar-refractivity contribution in [3.8, 4) is 0 Å². The molecule has 0 unspecified atom stereocenters. The van der Waals surface area contributed by atoms with E-state index in [-0.39, 0.29) is 0 Å². The highest BCUT2D eigenvalue weighted by molar-refractivity contribution is 5.53. The zero-order chi connectivity index (χ0) is 12.1. The largest absolute Gasteiger partial charge is 0.301 e. The van der Waals surface area contributed by atoms with Crippen LogP contribution in [0.5, 0.6) is 0 Å². The van der Waals surface area contributed by atoms with Crippen LogP contribution >= 0.6 is 0 Å². The summed E-state index contributed by atoms with van der Waals surface area (Å²) < 4.78 is 0. The van der Waals surface area contributed by atoms with Crippen LogP contribution in [-0.4, -0.2) is 79.4 Å². The summed E-state index contributed by atoms with van der Waals surface area (Å²) in [4.78, 5) is 17.7. The number of piperazine rings is 1. The first-order valence-corrected chi connectivity index (χ1v) is 6.87. The van der Waals surface area contributed by atoms with Gasteiger partial charge in [0.25, 0.3) is 0 Å². The number of carbonyl (C=O) groups excluding carboxylic acids is 1. The topological polar surface area (TPSA) is 26.8 Å². The quantitative estimate of drug-likeness (QED) is 0.699. The molecule has 0 spiro atoms. The van der Waals surface area contributed by atoms with Crippen LogP contribution in [0.2, 0.25) is 0 Å². The van der Waals surface area contributed by atoms with Gasteiger partial charge < -0.3 is 4.90 Å². The SMILES string of the molecule is CCN1CCN(C2CCN(C[C]=O)CC2)CC1. The minimum absolute atomic E-state index is 0.496. The average Bonchev–Trinajstić information content (AvgIpc) is 2.40. The van der Waals surface area contributed by atoms with Crippen molar-refractivity contribution in [1.29, 1.82) is 0 Å². The monoisotopic (exact) mass is 238 g/mol. The smallest absolute Gasteiger partial charge is 0.213 e. The second-order valence-corrected chi connectivity index (χ2v) is 5.12. The summed E-state index contributed by atoms with van der Waals surface area (Å²) in [6, 6.07) is 0.747.